The summed E-state index contributed by atoms with van der Waals surface area (Å²) in [6.07, 6.45) is 6.93. The van der Waals surface area contributed by atoms with Crippen molar-refractivity contribution in [1.29, 1.82) is 0 Å². The van der Waals surface area contributed by atoms with Crippen LogP contribution in [0, 0.1) is 0 Å². The molecule has 0 saturated heterocycles. The van der Waals surface area contributed by atoms with E-state index in [0.717, 1.165) is 5.75 Å². The summed E-state index contributed by atoms with van der Waals surface area (Å²) in [5.41, 5.74) is 5.63. The molecular formula is C10H23NS. The van der Waals surface area contributed by atoms with Crippen LogP contribution in [0.15, 0.2) is 0 Å². The first-order chi connectivity index (χ1) is 5.77. The van der Waals surface area contributed by atoms with Crippen molar-refractivity contribution < 1.29 is 0 Å². The summed E-state index contributed by atoms with van der Waals surface area (Å²) in [4.78, 5) is 0. The lowest BCUT2D eigenvalue weighted by Crippen LogP contribution is -2.17. The Hall–Kier alpha value is 0.310. The molecule has 2 heteroatoms. The van der Waals surface area contributed by atoms with Gasteiger partial charge in [0, 0.05) is 11.8 Å². The highest BCUT2D eigenvalue weighted by Gasteiger charge is 1.94. The predicted octanol–water partition coefficient (Wildman–Crippen LogP) is 3.04. The molecule has 0 heterocycles. The van der Waals surface area contributed by atoms with Gasteiger partial charge in [-0.25, -0.2) is 0 Å². The third-order valence-corrected chi connectivity index (χ3v) is 3.11. The molecule has 2 N–H and O–H groups in total. The smallest absolute Gasteiger partial charge is 0.0101 e. The van der Waals surface area contributed by atoms with Crippen molar-refractivity contribution >= 4 is 11.8 Å². The molecule has 1 atom stereocenters. The SMILES string of the molecule is CCCCCCCSCC(C)N. The van der Waals surface area contributed by atoms with Gasteiger partial charge in [-0.2, -0.15) is 11.8 Å². The summed E-state index contributed by atoms with van der Waals surface area (Å²) in [6.45, 7) is 4.33. The zero-order valence-electron chi connectivity index (χ0n) is 8.51. The van der Waals surface area contributed by atoms with Gasteiger partial charge < -0.3 is 5.73 Å². The molecule has 0 spiro atoms. The van der Waals surface area contributed by atoms with Crippen LogP contribution in [0.5, 0.6) is 0 Å². The standard InChI is InChI=1S/C10H23NS/c1-3-4-5-6-7-8-12-9-10(2)11/h10H,3-9,11H2,1-2H3. The molecule has 0 aromatic rings. The van der Waals surface area contributed by atoms with Crippen molar-refractivity contribution in [3.63, 3.8) is 0 Å². The summed E-state index contributed by atoms with van der Waals surface area (Å²) in [7, 11) is 0. The summed E-state index contributed by atoms with van der Waals surface area (Å²) < 4.78 is 0. The van der Waals surface area contributed by atoms with Crippen molar-refractivity contribution in [3.05, 3.63) is 0 Å². The maximum atomic E-state index is 5.63. The van der Waals surface area contributed by atoms with Crippen molar-refractivity contribution in [3.8, 4) is 0 Å². The van der Waals surface area contributed by atoms with Crippen molar-refractivity contribution in [2.75, 3.05) is 11.5 Å². The second-order valence-corrected chi connectivity index (χ2v) is 4.62. The zero-order valence-corrected chi connectivity index (χ0v) is 9.33. The Bertz CT molecular complexity index is 83.9. The van der Waals surface area contributed by atoms with Crippen LogP contribution < -0.4 is 5.73 Å². The molecule has 0 aliphatic carbocycles. The Morgan fingerprint density at radius 3 is 2.42 bits per heavy atom. The fourth-order valence-electron chi connectivity index (χ4n) is 1.08. The lowest BCUT2D eigenvalue weighted by Gasteiger charge is -2.03. The first kappa shape index (κ1) is 12.3. The summed E-state index contributed by atoms with van der Waals surface area (Å²) >= 11 is 1.99. The molecule has 74 valence electrons. The van der Waals surface area contributed by atoms with E-state index in [0.29, 0.717) is 6.04 Å². The molecule has 0 amide bonds. The van der Waals surface area contributed by atoms with Crippen LogP contribution in [0.25, 0.3) is 0 Å². The van der Waals surface area contributed by atoms with E-state index >= 15 is 0 Å². The molecule has 0 rings (SSSR count). The molecule has 0 aromatic heterocycles. The highest BCUT2D eigenvalue weighted by Crippen LogP contribution is 2.08. The van der Waals surface area contributed by atoms with Crippen LogP contribution in [0.1, 0.15) is 46.0 Å². The zero-order chi connectivity index (χ0) is 9.23. The summed E-state index contributed by atoms with van der Waals surface area (Å²) in [5.74, 6) is 2.42. The summed E-state index contributed by atoms with van der Waals surface area (Å²) in [6, 6.07) is 0.366. The molecule has 0 fully saturated rings. The van der Waals surface area contributed by atoms with Crippen molar-refractivity contribution in [2.24, 2.45) is 5.73 Å². The third-order valence-electron chi connectivity index (χ3n) is 1.77. The third kappa shape index (κ3) is 10.3. The number of unbranched alkanes of at least 4 members (excludes halogenated alkanes) is 4. The van der Waals surface area contributed by atoms with Gasteiger partial charge in [0.2, 0.25) is 0 Å². The van der Waals surface area contributed by atoms with Crippen LogP contribution >= 0.6 is 11.8 Å². The van der Waals surface area contributed by atoms with Gasteiger partial charge in [0.05, 0.1) is 0 Å². The second kappa shape index (κ2) is 9.40. The van der Waals surface area contributed by atoms with E-state index in [1.54, 1.807) is 0 Å². The quantitative estimate of drug-likeness (QED) is 0.594. The number of hydrogen-bond donors (Lipinski definition) is 1. The fourth-order valence-corrected chi connectivity index (χ4v) is 2.02. The monoisotopic (exact) mass is 189 g/mol. The lowest BCUT2D eigenvalue weighted by molar-refractivity contribution is 0.659. The highest BCUT2D eigenvalue weighted by molar-refractivity contribution is 7.99. The first-order valence-corrected chi connectivity index (χ1v) is 6.26. The van der Waals surface area contributed by atoms with Crippen LogP contribution in [0.3, 0.4) is 0 Å². The van der Waals surface area contributed by atoms with Crippen molar-refractivity contribution in [2.45, 2.75) is 52.0 Å². The minimum atomic E-state index is 0.366. The Labute approximate surface area is 81.5 Å². The van der Waals surface area contributed by atoms with Gasteiger partial charge in [-0.3, -0.25) is 0 Å². The topological polar surface area (TPSA) is 26.0 Å². The largest absolute Gasteiger partial charge is 0.327 e. The molecule has 12 heavy (non-hydrogen) atoms. The molecule has 0 radical (unpaired) electrons. The molecule has 0 bridgehead atoms. The number of thioether (sulfide) groups is 1. The van der Waals surface area contributed by atoms with Gasteiger partial charge in [0.25, 0.3) is 0 Å². The number of rotatable bonds is 8. The maximum Gasteiger partial charge on any atom is 0.0101 e. The molecular weight excluding hydrogens is 166 g/mol. The maximum absolute atomic E-state index is 5.63. The van der Waals surface area contributed by atoms with Gasteiger partial charge >= 0.3 is 0 Å². The average Bonchev–Trinajstić information content (AvgIpc) is 2.02. The van der Waals surface area contributed by atoms with E-state index < -0.39 is 0 Å². The predicted molar refractivity (Wildman–Crippen MR) is 59.7 cm³/mol. The molecule has 1 unspecified atom stereocenters. The van der Waals surface area contributed by atoms with Crippen LogP contribution in [-0.2, 0) is 0 Å². The van der Waals surface area contributed by atoms with E-state index in [9.17, 15) is 0 Å². The van der Waals surface area contributed by atoms with Gasteiger partial charge in [-0.05, 0) is 19.1 Å². The second-order valence-electron chi connectivity index (χ2n) is 3.47. The number of nitrogens with two attached hydrogens (primary N) is 1. The minimum absolute atomic E-state index is 0.366. The molecule has 0 saturated carbocycles. The van der Waals surface area contributed by atoms with E-state index in [1.807, 2.05) is 11.8 Å². The Morgan fingerprint density at radius 2 is 1.83 bits per heavy atom. The molecule has 0 aliphatic rings. The Kier molecular flexibility index (Phi) is 9.64. The van der Waals surface area contributed by atoms with Crippen LogP contribution in [0.4, 0.5) is 0 Å². The van der Waals surface area contributed by atoms with E-state index in [2.05, 4.69) is 13.8 Å². The molecule has 1 nitrogen and oxygen atoms in total. The molecule has 0 aromatic carbocycles. The first-order valence-electron chi connectivity index (χ1n) is 5.10. The fraction of sp³-hybridized carbons (Fsp3) is 1.00. The lowest BCUT2D eigenvalue weighted by atomic mass is 10.2. The average molecular weight is 189 g/mol. The molecule has 0 aliphatic heterocycles. The normalized spacial score (nSPS) is 13.2. The van der Waals surface area contributed by atoms with Crippen LogP contribution in [0.2, 0.25) is 0 Å². The Morgan fingerprint density at radius 1 is 1.17 bits per heavy atom. The summed E-state index contributed by atoms with van der Waals surface area (Å²) in [5, 5.41) is 0. The van der Waals surface area contributed by atoms with E-state index in [1.165, 1.54) is 37.9 Å². The van der Waals surface area contributed by atoms with Crippen molar-refractivity contribution in [1.82, 2.24) is 0 Å². The Balaban J connectivity index is 2.82. The highest BCUT2D eigenvalue weighted by atomic mass is 32.2. The van der Waals surface area contributed by atoms with Gasteiger partial charge in [-0.15, -0.1) is 0 Å². The van der Waals surface area contributed by atoms with E-state index in [-0.39, 0.29) is 0 Å². The van der Waals surface area contributed by atoms with Gasteiger partial charge in [-0.1, -0.05) is 32.6 Å². The van der Waals surface area contributed by atoms with Gasteiger partial charge in [0.15, 0.2) is 0 Å². The van der Waals surface area contributed by atoms with Crippen LogP contribution in [-0.4, -0.2) is 17.5 Å². The van der Waals surface area contributed by atoms with E-state index in [4.69, 9.17) is 5.73 Å². The van der Waals surface area contributed by atoms with Gasteiger partial charge in [0.1, 0.15) is 0 Å². The number of hydrogen-bond acceptors (Lipinski definition) is 2. The minimum Gasteiger partial charge on any atom is -0.327 e.